The summed E-state index contributed by atoms with van der Waals surface area (Å²) in [5, 5.41) is 8.50. The molecule has 0 bridgehead atoms. The molecule has 0 aromatic carbocycles. The maximum atomic E-state index is 8.50. The van der Waals surface area contributed by atoms with Gasteiger partial charge in [0.05, 0.1) is 12.7 Å². The third kappa shape index (κ3) is 1.18. The van der Waals surface area contributed by atoms with Crippen LogP contribution in [-0.4, -0.2) is 24.0 Å². The minimum Gasteiger partial charge on any atom is -0.394 e. The summed E-state index contributed by atoms with van der Waals surface area (Å²) in [6.45, 7) is 0.105. The Labute approximate surface area is 48.4 Å². The van der Waals surface area contributed by atoms with Gasteiger partial charge in [0, 0.05) is 0 Å². The lowest BCUT2D eigenvalue weighted by molar-refractivity contribution is 0.0148. The molecule has 1 aliphatic rings. The number of nitrogens with two attached hydrogens (primary N) is 1. The highest BCUT2D eigenvalue weighted by Gasteiger charge is 2.20. The van der Waals surface area contributed by atoms with E-state index in [0.717, 1.165) is 12.8 Å². The molecule has 0 radical (unpaired) electrons. The van der Waals surface area contributed by atoms with Crippen molar-refractivity contribution in [2.45, 2.75) is 25.2 Å². The third-order valence-corrected chi connectivity index (χ3v) is 1.34. The highest BCUT2D eigenvalue weighted by Crippen LogP contribution is 2.14. The molecule has 1 saturated heterocycles. The molecule has 0 aromatic rings. The maximum Gasteiger partial charge on any atom is 0.106 e. The lowest BCUT2D eigenvalue weighted by Crippen LogP contribution is -2.21. The molecule has 0 aliphatic carbocycles. The second kappa shape index (κ2) is 2.44. The Hall–Kier alpha value is -0.120. The van der Waals surface area contributed by atoms with Gasteiger partial charge in [0.25, 0.3) is 0 Å². The van der Waals surface area contributed by atoms with Crippen LogP contribution in [0.15, 0.2) is 0 Å². The second-order valence-corrected chi connectivity index (χ2v) is 2.06. The molecule has 1 heterocycles. The van der Waals surface area contributed by atoms with Gasteiger partial charge in [0.15, 0.2) is 0 Å². The van der Waals surface area contributed by atoms with Gasteiger partial charge < -0.3 is 15.6 Å². The summed E-state index contributed by atoms with van der Waals surface area (Å²) in [5.41, 5.74) is 5.37. The average molecular weight is 117 g/mol. The molecule has 8 heavy (non-hydrogen) atoms. The topological polar surface area (TPSA) is 55.5 Å². The van der Waals surface area contributed by atoms with E-state index < -0.39 is 0 Å². The largest absolute Gasteiger partial charge is 0.394 e. The van der Waals surface area contributed by atoms with Gasteiger partial charge in [-0.25, -0.2) is 0 Å². The minimum atomic E-state index is -0.132. The van der Waals surface area contributed by atoms with E-state index in [2.05, 4.69) is 0 Å². The van der Waals surface area contributed by atoms with Gasteiger partial charge in [-0.15, -0.1) is 0 Å². The van der Waals surface area contributed by atoms with Crippen LogP contribution in [0, 0.1) is 0 Å². The van der Waals surface area contributed by atoms with Gasteiger partial charge in [-0.1, -0.05) is 0 Å². The summed E-state index contributed by atoms with van der Waals surface area (Å²) in [4.78, 5) is 0. The zero-order valence-electron chi connectivity index (χ0n) is 4.71. The molecular formula is C5H11NO2. The van der Waals surface area contributed by atoms with Gasteiger partial charge in [0.1, 0.15) is 6.23 Å². The normalized spacial score (nSPS) is 38.2. The minimum absolute atomic E-state index is 0.00463. The molecule has 1 fully saturated rings. The average Bonchev–Trinajstić information content (AvgIpc) is 2.14. The number of aliphatic hydroxyl groups is 1. The van der Waals surface area contributed by atoms with Crippen LogP contribution >= 0.6 is 0 Å². The van der Waals surface area contributed by atoms with Crippen molar-refractivity contribution >= 4 is 0 Å². The van der Waals surface area contributed by atoms with Crippen LogP contribution in [0.2, 0.25) is 0 Å². The fourth-order valence-electron chi connectivity index (χ4n) is 0.868. The van der Waals surface area contributed by atoms with Crippen molar-refractivity contribution in [2.24, 2.45) is 5.73 Å². The predicted octanol–water partition coefficient (Wildman–Crippen LogP) is -0.558. The van der Waals surface area contributed by atoms with E-state index >= 15 is 0 Å². The summed E-state index contributed by atoms with van der Waals surface area (Å²) in [6, 6.07) is 0. The van der Waals surface area contributed by atoms with Crippen molar-refractivity contribution in [3.05, 3.63) is 0 Å². The second-order valence-electron chi connectivity index (χ2n) is 2.06. The Morgan fingerprint density at radius 1 is 1.62 bits per heavy atom. The summed E-state index contributed by atoms with van der Waals surface area (Å²) in [5.74, 6) is 0. The fourth-order valence-corrected chi connectivity index (χ4v) is 0.868. The van der Waals surface area contributed by atoms with E-state index in [4.69, 9.17) is 15.6 Å². The lowest BCUT2D eigenvalue weighted by Gasteiger charge is -2.04. The third-order valence-electron chi connectivity index (χ3n) is 1.34. The van der Waals surface area contributed by atoms with E-state index in [0.29, 0.717) is 0 Å². The standard InChI is InChI=1S/C5H11NO2/c6-5-2-1-4(3-7)8-5/h4-5,7H,1-3,6H2/t4-,5+/m1/s1. The van der Waals surface area contributed by atoms with Gasteiger partial charge in [-0.2, -0.15) is 0 Å². The highest BCUT2D eigenvalue weighted by atomic mass is 16.5. The van der Waals surface area contributed by atoms with Gasteiger partial charge in [-0.05, 0) is 12.8 Å². The van der Waals surface area contributed by atoms with E-state index in [-0.39, 0.29) is 18.9 Å². The Kier molecular flexibility index (Phi) is 1.83. The van der Waals surface area contributed by atoms with Crippen LogP contribution in [0.1, 0.15) is 12.8 Å². The zero-order valence-corrected chi connectivity index (χ0v) is 4.71. The Morgan fingerprint density at radius 3 is 2.62 bits per heavy atom. The molecule has 3 N–H and O–H groups in total. The number of rotatable bonds is 1. The predicted molar refractivity (Wildman–Crippen MR) is 29.2 cm³/mol. The molecule has 48 valence electrons. The van der Waals surface area contributed by atoms with Crippen molar-refractivity contribution in [3.8, 4) is 0 Å². The molecule has 0 amide bonds. The molecule has 0 saturated carbocycles. The molecule has 1 aliphatic heterocycles. The zero-order chi connectivity index (χ0) is 5.98. The van der Waals surface area contributed by atoms with E-state index in [1.807, 2.05) is 0 Å². The van der Waals surface area contributed by atoms with Crippen LogP contribution in [0.25, 0.3) is 0 Å². The van der Waals surface area contributed by atoms with Crippen LogP contribution in [-0.2, 0) is 4.74 Å². The van der Waals surface area contributed by atoms with Crippen LogP contribution in [0.3, 0.4) is 0 Å². The molecule has 3 nitrogen and oxygen atoms in total. The molecule has 0 unspecified atom stereocenters. The first-order chi connectivity index (χ1) is 3.83. The van der Waals surface area contributed by atoms with Crippen molar-refractivity contribution in [1.29, 1.82) is 0 Å². The van der Waals surface area contributed by atoms with Gasteiger partial charge in [0.2, 0.25) is 0 Å². The smallest absolute Gasteiger partial charge is 0.106 e. The first kappa shape index (κ1) is 6.01. The van der Waals surface area contributed by atoms with Gasteiger partial charge in [-0.3, -0.25) is 0 Å². The lowest BCUT2D eigenvalue weighted by atomic mass is 10.2. The molecule has 2 atom stereocenters. The highest BCUT2D eigenvalue weighted by molar-refractivity contribution is 4.67. The van der Waals surface area contributed by atoms with Crippen LogP contribution in [0.4, 0.5) is 0 Å². The number of hydrogen-bond donors (Lipinski definition) is 2. The summed E-state index contributed by atoms with van der Waals surface area (Å²) >= 11 is 0. The van der Waals surface area contributed by atoms with Crippen molar-refractivity contribution in [1.82, 2.24) is 0 Å². The summed E-state index contributed by atoms with van der Waals surface area (Å²) < 4.78 is 5.04. The maximum absolute atomic E-state index is 8.50. The Balaban J connectivity index is 2.22. The first-order valence-corrected chi connectivity index (χ1v) is 2.85. The fraction of sp³-hybridized carbons (Fsp3) is 1.00. The summed E-state index contributed by atoms with van der Waals surface area (Å²) in [7, 11) is 0. The number of aliphatic hydroxyl groups excluding tert-OH is 1. The Morgan fingerprint density at radius 2 is 2.38 bits per heavy atom. The van der Waals surface area contributed by atoms with E-state index in [9.17, 15) is 0 Å². The molecule has 1 rings (SSSR count). The monoisotopic (exact) mass is 117 g/mol. The van der Waals surface area contributed by atoms with Crippen molar-refractivity contribution in [3.63, 3.8) is 0 Å². The molecule has 0 aromatic heterocycles. The van der Waals surface area contributed by atoms with E-state index in [1.165, 1.54) is 0 Å². The SMILES string of the molecule is N[C@@H]1CC[C@H](CO)O1. The van der Waals surface area contributed by atoms with Crippen LogP contribution in [0.5, 0.6) is 0 Å². The number of ether oxygens (including phenoxy) is 1. The Bertz CT molecular complexity index is 76.8. The van der Waals surface area contributed by atoms with Crippen molar-refractivity contribution in [2.75, 3.05) is 6.61 Å². The van der Waals surface area contributed by atoms with Crippen molar-refractivity contribution < 1.29 is 9.84 Å². The quantitative estimate of drug-likeness (QED) is 0.484. The number of hydrogen-bond acceptors (Lipinski definition) is 3. The van der Waals surface area contributed by atoms with Gasteiger partial charge >= 0.3 is 0 Å². The molecule has 3 heteroatoms. The summed E-state index contributed by atoms with van der Waals surface area (Å²) in [6.07, 6.45) is 1.65. The van der Waals surface area contributed by atoms with E-state index in [1.54, 1.807) is 0 Å². The molecular weight excluding hydrogens is 106 g/mol. The first-order valence-electron chi connectivity index (χ1n) is 2.85. The van der Waals surface area contributed by atoms with Crippen LogP contribution < -0.4 is 5.73 Å². The molecule has 0 spiro atoms.